The molecular formula is C10H19NO2. The van der Waals surface area contributed by atoms with E-state index in [0.29, 0.717) is 0 Å². The molecule has 3 heteroatoms. The Hall–Kier alpha value is -0.410. The van der Waals surface area contributed by atoms with Crippen LogP contribution in [0.2, 0.25) is 0 Å². The number of aliphatic hydroxyl groups excluding tert-OH is 1. The summed E-state index contributed by atoms with van der Waals surface area (Å²) in [5.74, 6) is 0.160. The fourth-order valence-corrected chi connectivity index (χ4v) is 1.90. The van der Waals surface area contributed by atoms with Crippen LogP contribution in [0, 0.1) is 5.92 Å². The summed E-state index contributed by atoms with van der Waals surface area (Å²) < 4.78 is 0. The fourth-order valence-electron chi connectivity index (χ4n) is 1.90. The first-order chi connectivity index (χ1) is 6.13. The molecule has 76 valence electrons. The minimum Gasteiger partial charge on any atom is -0.391 e. The molecule has 1 aliphatic carbocycles. The number of carbonyl (C=O) groups excluding carboxylic acids is 1. The SMILES string of the molecule is C[C@@H](O)[C@H](N)C(=O)C1CCCCC1. The highest BCUT2D eigenvalue weighted by Crippen LogP contribution is 2.25. The van der Waals surface area contributed by atoms with Crippen molar-refractivity contribution in [1.29, 1.82) is 0 Å². The summed E-state index contributed by atoms with van der Waals surface area (Å²) in [7, 11) is 0. The number of hydrogen-bond donors (Lipinski definition) is 2. The van der Waals surface area contributed by atoms with Gasteiger partial charge in [0.2, 0.25) is 0 Å². The summed E-state index contributed by atoms with van der Waals surface area (Å²) in [5, 5.41) is 9.18. The molecule has 0 aromatic heterocycles. The Bertz CT molecular complexity index is 174. The summed E-state index contributed by atoms with van der Waals surface area (Å²) in [6, 6.07) is -0.678. The molecular weight excluding hydrogens is 166 g/mol. The van der Waals surface area contributed by atoms with E-state index in [1.165, 1.54) is 6.42 Å². The van der Waals surface area contributed by atoms with E-state index in [1.807, 2.05) is 0 Å². The van der Waals surface area contributed by atoms with Gasteiger partial charge in [-0.1, -0.05) is 19.3 Å². The molecule has 0 spiro atoms. The van der Waals surface area contributed by atoms with E-state index in [1.54, 1.807) is 6.92 Å². The highest BCUT2D eigenvalue weighted by atomic mass is 16.3. The molecule has 0 aromatic rings. The van der Waals surface area contributed by atoms with Crippen molar-refractivity contribution >= 4 is 5.78 Å². The van der Waals surface area contributed by atoms with Gasteiger partial charge in [0.05, 0.1) is 12.1 Å². The van der Waals surface area contributed by atoms with Gasteiger partial charge in [0.25, 0.3) is 0 Å². The molecule has 0 amide bonds. The predicted molar refractivity (Wildman–Crippen MR) is 51.2 cm³/mol. The Morgan fingerprint density at radius 3 is 2.38 bits per heavy atom. The van der Waals surface area contributed by atoms with E-state index in [-0.39, 0.29) is 11.7 Å². The quantitative estimate of drug-likeness (QED) is 0.685. The van der Waals surface area contributed by atoms with Crippen LogP contribution in [0.15, 0.2) is 0 Å². The molecule has 0 heterocycles. The first kappa shape index (κ1) is 10.7. The number of carbonyl (C=O) groups is 1. The van der Waals surface area contributed by atoms with Gasteiger partial charge in [0.15, 0.2) is 5.78 Å². The van der Waals surface area contributed by atoms with Gasteiger partial charge >= 0.3 is 0 Å². The molecule has 1 saturated carbocycles. The topological polar surface area (TPSA) is 63.3 Å². The molecule has 0 saturated heterocycles. The Kier molecular flexibility index (Phi) is 3.88. The van der Waals surface area contributed by atoms with Crippen LogP contribution < -0.4 is 5.73 Å². The van der Waals surface area contributed by atoms with Crippen molar-refractivity contribution < 1.29 is 9.90 Å². The Morgan fingerprint density at radius 1 is 1.38 bits per heavy atom. The van der Waals surface area contributed by atoms with Crippen LogP contribution in [0.5, 0.6) is 0 Å². The van der Waals surface area contributed by atoms with E-state index >= 15 is 0 Å². The van der Waals surface area contributed by atoms with Crippen molar-refractivity contribution in [3.63, 3.8) is 0 Å². The summed E-state index contributed by atoms with van der Waals surface area (Å²) >= 11 is 0. The van der Waals surface area contributed by atoms with Gasteiger partial charge in [0, 0.05) is 5.92 Å². The first-order valence-corrected chi connectivity index (χ1v) is 5.10. The molecule has 1 aliphatic rings. The zero-order valence-electron chi connectivity index (χ0n) is 8.20. The van der Waals surface area contributed by atoms with Crippen LogP contribution >= 0.6 is 0 Å². The Labute approximate surface area is 79.3 Å². The lowest BCUT2D eigenvalue weighted by Crippen LogP contribution is -2.44. The highest BCUT2D eigenvalue weighted by Gasteiger charge is 2.28. The van der Waals surface area contributed by atoms with E-state index < -0.39 is 12.1 Å². The van der Waals surface area contributed by atoms with Crippen LogP contribution in [0.1, 0.15) is 39.0 Å². The highest BCUT2D eigenvalue weighted by molar-refractivity contribution is 5.86. The van der Waals surface area contributed by atoms with E-state index in [2.05, 4.69) is 0 Å². The van der Waals surface area contributed by atoms with Crippen molar-refractivity contribution in [1.82, 2.24) is 0 Å². The van der Waals surface area contributed by atoms with Gasteiger partial charge in [-0.05, 0) is 19.8 Å². The van der Waals surface area contributed by atoms with Crippen LogP contribution in [0.25, 0.3) is 0 Å². The van der Waals surface area contributed by atoms with Crippen molar-refractivity contribution in [2.45, 2.75) is 51.2 Å². The van der Waals surface area contributed by atoms with Gasteiger partial charge in [-0.15, -0.1) is 0 Å². The average molecular weight is 185 g/mol. The number of rotatable bonds is 3. The third kappa shape index (κ3) is 2.78. The lowest BCUT2D eigenvalue weighted by Gasteiger charge is -2.24. The number of Topliss-reactive ketones (excluding diaryl/α,β-unsaturated/α-hetero) is 1. The molecule has 3 nitrogen and oxygen atoms in total. The average Bonchev–Trinajstić information content (AvgIpc) is 2.17. The molecule has 1 rings (SSSR count). The monoisotopic (exact) mass is 185 g/mol. The van der Waals surface area contributed by atoms with E-state index in [9.17, 15) is 9.90 Å². The van der Waals surface area contributed by atoms with Gasteiger partial charge in [-0.25, -0.2) is 0 Å². The lowest BCUT2D eigenvalue weighted by atomic mass is 9.83. The van der Waals surface area contributed by atoms with Crippen molar-refractivity contribution in [2.24, 2.45) is 11.7 Å². The second-order valence-corrected chi connectivity index (χ2v) is 4.00. The Morgan fingerprint density at radius 2 is 1.92 bits per heavy atom. The second kappa shape index (κ2) is 4.72. The summed E-state index contributed by atoms with van der Waals surface area (Å²) in [6.45, 7) is 1.57. The standard InChI is InChI=1S/C10H19NO2/c1-7(12)9(11)10(13)8-5-3-2-4-6-8/h7-9,12H,2-6,11H2,1H3/t7-,9+/m1/s1. The predicted octanol–water partition coefficient (Wildman–Crippen LogP) is 0.844. The molecule has 0 radical (unpaired) electrons. The van der Waals surface area contributed by atoms with E-state index in [0.717, 1.165) is 25.7 Å². The largest absolute Gasteiger partial charge is 0.391 e. The minimum absolute atomic E-state index is 0.0506. The number of hydrogen-bond acceptors (Lipinski definition) is 3. The molecule has 2 atom stereocenters. The minimum atomic E-state index is -0.713. The molecule has 0 aliphatic heterocycles. The van der Waals surface area contributed by atoms with Crippen molar-refractivity contribution in [2.75, 3.05) is 0 Å². The maximum absolute atomic E-state index is 11.7. The van der Waals surface area contributed by atoms with Gasteiger partial charge in [0.1, 0.15) is 0 Å². The summed E-state index contributed by atoms with van der Waals surface area (Å²) in [6.07, 6.45) is 4.69. The number of nitrogens with two attached hydrogens (primary N) is 1. The molecule has 13 heavy (non-hydrogen) atoms. The maximum atomic E-state index is 11.7. The van der Waals surface area contributed by atoms with Crippen molar-refractivity contribution in [3.8, 4) is 0 Å². The second-order valence-electron chi connectivity index (χ2n) is 4.00. The van der Waals surface area contributed by atoms with Crippen LogP contribution in [-0.4, -0.2) is 23.0 Å². The number of aliphatic hydroxyl groups is 1. The zero-order chi connectivity index (χ0) is 9.84. The number of ketones is 1. The molecule has 0 unspecified atom stereocenters. The van der Waals surface area contributed by atoms with E-state index in [4.69, 9.17) is 5.73 Å². The maximum Gasteiger partial charge on any atom is 0.155 e. The Balaban J connectivity index is 2.45. The third-order valence-corrected chi connectivity index (χ3v) is 2.86. The van der Waals surface area contributed by atoms with Crippen LogP contribution in [-0.2, 0) is 4.79 Å². The van der Waals surface area contributed by atoms with Crippen LogP contribution in [0.3, 0.4) is 0 Å². The lowest BCUT2D eigenvalue weighted by molar-refractivity contribution is -0.127. The first-order valence-electron chi connectivity index (χ1n) is 5.10. The van der Waals surface area contributed by atoms with Gasteiger partial charge < -0.3 is 10.8 Å². The molecule has 0 bridgehead atoms. The molecule has 3 N–H and O–H groups in total. The van der Waals surface area contributed by atoms with Gasteiger partial charge in [-0.3, -0.25) is 4.79 Å². The molecule has 1 fully saturated rings. The summed E-state index contributed by atoms with van der Waals surface area (Å²) in [5.41, 5.74) is 5.59. The zero-order valence-corrected chi connectivity index (χ0v) is 8.20. The summed E-state index contributed by atoms with van der Waals surface area (Å²) in [4.78, 5) is 11.7. The van der Waals surface area contributed by atoms with Crippen molar-refractivity contribution in [3.05, 3.63) is 0 Å². The normalized spacial score (nSPS) is 23.9. The fraction of sp³-hybridized carbons (Fsp3) is 0.900. The molecule has 0 aromatic carbocycles. The third-order valence-electron chi connectivity index (χ3n) is 2.86. The van der Waals surface area contributed by atoms with Gasteiger partial charge in [-0.2, -0.15) is 0 Å². The smallest absolute Gasteiger partial charge is 0.155 e. The van der Waals surface area contributed by atoms with Crippen LogP contribution in [0.4, 0.5) is 0 Å².